The van der Waals surface area contributed by atoms with Crippen molar-refractivity contribution in [2.45, 2.75) is 37.8 Å². The summed E-state index contributed by atoms with van der Waals surface area (Å²) in [5.74, 6) is -1.93. The molecule has 3 N–H and O–H groups in total. The van der Waals surface area contributed by atoms with E-state index in [1.165, 1.54) is 37.4 Å². The van der Waals surface area contributed by atoms with Gasteiger partial charge in [-0.3, -0.25) is 14.4 Å². The number of nitrogens with one attached hydrogen (secondary N) is 2. The first-order valence-corrected chi connectivity index (χ1v) is 15.0. The predicted octanol–water partition coefficient (Wildman–Crippen LogP) is 5.16. The minimum absolute atomic E-state index is 0.0144. The Morgan fingerprint density at radius 1 is 1.10 bits per heavy atom. The van der Waals surface area contributed by atoms with Crippen LogP contribution in [0.3, 0.4) is 0 Å². The molecule has 0 saturated carbocycles. The maximum Gasteiger partial charge on any atom is 0.265 e. The number of aromatic hydroxyl groups is 1. The zero-order chi connectivity index (χ0) is 29.9. The Kier molecular flexibility index (Phi) is 9.30. The van der Waals surface area contributed by atoms with Gasteiger partial charge in [-0.2, -0.15) is 0 Å². The van der Waals surface area contributed by atoms with Crippen LogP contribution >= 0.6 is 34.5 Å². The molecule has 2 aromatic heterocycles. The summed E-state index contributed by atoms with van der Waals surface area (Å²) in [5.41, 5.74) is 0.753. The smallest absolute Gasteiger partial charge is 0.265 e. The van der Waals surface area contributed by atoms with Gasteiger partial charge >= 0.3 is 0 Å². The van der Waals surface area contributed by atoms with E-state index in [1.807, 2.05) is 0 Å². The number of hydrogen-bond acceptors (Lipinski definition) is 9. The number of halogens is 2. The zero-order valence-electron chi connectivity index (χ0n) is 21.6. The quantitative estimate of drug-likeness (QED) is 0.191. The number of ketones is 2. The van der Waals surface area contributed by atoms with E-state index in [0.717, 1.165) is 11.3 Å². The number of rotatable bonds is 11. The predicted molar refractivity (Wildman–Crippen MR) is 154 cm³/mol. The number of Topliss-reactive ketones (excluding diaryl/α,β-unsaturated/α-hetero) is 2. The Labute approximate surface area is 249 Å². The molecule has 0 fully saturated rings. The molecule has 2 aromatic carbocycles. The molecule has 1 atom stereocenters. The summed E-state index contributed by atoms with van der Waals surface area (Å²) in [6.45, 7) is 2.76. The van der Waals surface area contributed by atoms with Gasteiger partial charge in [0.25, 0.3) is 11.8 Å². The summed E-state index contributed by atoms with van der Waals surface area (Å²) in [7, 11) is -3.88. The number of sulfonamides is 1. The topological polar surface area (TPSA) is 156 Å². The molecule has 2 heterocycles. The Hall–Kier alpha value is -3.55. The molecule has 14 heteroatoms. The Morgan fingerprint density at radius 2 is 1.80 bits per heavy atom. The van der Waals surface area contributed by atoms with Crippen molar-refractivity contribution < 1.29 is 32.3 Å². The highest BCUT2D eigenvalue weighted by Gasteiger charge is 2.29. The summed E-state index contributed by atoms with van der Waals surface area (Å²) < 4.78 is 33.3. The first kappa shape index (κ1) is 30.4. The van der Waals surface area contributed by atoms with Crippen LogP contribution < -0.4 is 10.0 Å². The van der Waals surface area contributed by atoms with Gasteiger partial charge in [0.1, 0.15) is 17.6 Å². The largest absolute Gasteiger partial charge is 0.508 e. The van der Waals surface area contributed by atoms with Crippen LogP contribution in [-0.2, 0) is 21.4 Å². The van der Waals surface area contributed by atoms with Gasteiger partial charge in [-0.15, -0.1) is 11.3 Å². The van der Waals surface area contributed by atoms with Gasteiger partial charge in [0.05, 0.1) is 31.6 Å². The number of aromatic nitrogens is 1. The Morgan fingerprint density at radius 3 is 2.46 bits per heavy atom. The van der Waals surface area contributed by atoms with E-state index in [9.17, 15) is 27.9 Å². The summed E-state index contributed by atoms with van der Waals surface area (Å²) in [4.78, 5) is 42.8. The fourth-order valence-electron chi connectivity index (χ4n) is 3.75. The standard InChI is InChI=1S/C27H23Cl2N3O7S2/c1-14-10-17(7-8-21(14)34)41(37,38)31-12-16-6-9-23(40-16)26(36)32-20(11-15(2)33)25(35)27-30-13-22(39-27)24-18(28)4-3-5-19(24)29/h3-10,13,20,31,34H,11-12H2,1-2H3,(H,32,36)/t20-/m0/s1. The molecule has 10 nitrogen and oxygen atoms in total. The number of carbonyl (C=O) groups excluding carboxylic acids is 3. The van der Waals surface area contributed by atoms with Crippen LogP contribution in [0.2, 0.25) is 10.0 Å². The van der Waals surface area contributed by atoms with Crippen LogP contribution in [0.25, 0.3) is 11.3 Å². The van der Waals surface area contributed by atoms with E-state index in [-0.39, 0.29) is 56.0 Å². The highest BCUT2D eigenvalue weighted by molar-refractivity contribution is 7.89. The van der Waals surface area contributed by atoms with E-state index in [2.05, 4.69) is 15.0 Å². The first-order valence-electron chi connectivity index (χ1n) is 12.0. The number of hydrogen-bond donors (Lipinski definition) is 3. The number of phenolic OH excluding ortho intramolecular Hbond substituents is 1. The SMILES string of the molecule is CC(=O)C[C@H](NC(=O)c1ccc(CNS(=O)(=O)c2ccc(O)c(C)c2)s1)C(=O)c1ncc(-c2c(Cl)cccc2Cl)o1. The highest BCUT2D eigenvalue weighted by Crippen LogP contribution is 2.35. The molecule has 0 bridgehead atoms. The number of carbonyl (C=O) groups is 3. The number of phenols is 1. The fourth-order valence-corrected chi connectivity index (χ4v) is 6.37. The van der Waals surface area contributed by atoms with Crippen LogP contribution in [0, 0.1) is 6.92 Å². The number of thiophene rings is 1. The molecule has 0 aliphatic carbocycles. The van der Waals surface area contributed by atoms with Crippen molar-refractivity contribution >= 4 is 62.0 Å². The lowest BCUT2D eigenvalue weighted by molar-refractivity contribution is -0.117. The van der Waals surface area contributed by atoms with Crippen LogP contribution in [0.4, 0.5) is 0 Å². The highest BCUT2D eigenvalue weighted by atomic mass is 35.5. The van der Waals surface area contributed by atoms with Crippen molar-refractivity contribution in [1.82, 2.24) is 15.0 Å². The number of aryl methyl sites for hydroxylation is 1. The number of nitrogens with zero attached hydrogens (tertiary/aromatic N) is 1. The lowest BCUT2D eigenvalue weighted by Gasteiger charge is -2.14. The van der Waals surface area contributed by atoms with Gasteiger partial charge in [-0.25, -0.2) is 18.1 Å². The van der Waals surface area contributed by atoms with Crippen molar-refractivity contribution in [1.29, 1.82) is 0 Å². The minimum atomic E-state index is -3.88. The summed E-state index contributed by atoms with van der Waals surface area (Å²) >= 11 is 13.4. The normalized spacial score (nSPS) is 12.2. The van der Waals surface area contributed by atoms with Gasteiger partial charge in [-0.1, -0.05) is 29.3 Å². The third kappa shape index (κ3) is 7.21. The molecule has 0 aliphatic heterocycles. The van der Waals surface area contributed by atoms with Crippen LogP contribution in [0.15, 0.2) is 64.0 Å². The van der Waals surface area contributed by atoms with Crippen molar-refractivity contribution in [3.8, 4) is 17.1 Å². The number of benzene rings is 2. The fraction of sp³-hybridized carbons (Fsp3) is 0.185. The molecule has 0 radical (unpaired) electrons. The lowest BCUT2D eigenvalue weighted by atomic mass is 10.1. The van der Waals surface area contributed by atoms with Gasteiger partial charge in [0.15, 0.2) is 5.76 Å². The molecule has 0 unspecified atom stereocenters. The van der Waals surface area contributed by atoms with E-state index in [1.54, 1.807) is 31.2 Å². The van der Waals surface area contributed by atoms with Crippen LogP contribution in [0.1, 0.15) is 44.1 Å². The average Bonchev–Trinajstić information content (AvgIpc) is 3.58. The molecule has 0 saturated heterocycles. The third-order valence-electron chi connectivity index (χ3n) is 5.84. The summed E-state index contributed by atoms with van der Waals surface area (Å²) in [5, 5.41) is 12.8. The molecular weight excluding hydrogens is 613 g/mol. The van der Waals surface area contributed by atoms with Gasteiger partial charge in [-0.05, 0) is 61.9 Å². The molecule has 4 rings (SSSR count). The molecule has 41 heavy (non-hydrogen) atoms. The Balaban J connectivity index is 1.46. The second-order valence-electron chi connectivity index (χ2n) is 8.96. The Bertz CT molecular complexity index is 1730. The van der Waals surface area contributed by atoms with Crippen molar-refractivity contribution in [2.75, 3.05) is 0 Å². The van der Waals surface area contributed by atoms with Gasteiger partial charge < -0.3 is 14.8 Å². The first-order chi connectivity index (χ1) is 19.4. The third-order valence-corrected chi connectivity index (χ3v) is 8.95. The second kappa shape index (κ2) is 12.5. The lowest BCUT2D eigenvalue weighted by Crippen LogP contribution is -2.42. The molecular formula is C27H23Cl2N3O7S2. The van der Waals surface area contributed by atoms with E-state index >= 15 is 0 Å². The van der Waals surface area contributed by atoms with Crippen molar-refractivity contribution in [3.63, 3.8) is 0 Å². The number of amides is 1. The zero-order valence-corrected chi connectivity index (χ0v) is 24.7. The second-order valence-corrected chi connectivity index (χ2v) is 12.7. The molecule has 0 spiro atoms. The van der Waals surface area contributed by atoms with Crippen molar-refractivity contribution in [2.24, 2.45) is 0 Å². The molecule has 214 valence electrons. The monoisotopic (exact) mass is 635 g/mol. The maximum atomic E-state index is 13.2. The van der Waals surface area contributed by atoms with E-state index in [0.29, 0.717) is 16.0 Å². The van der Waals surface area contributed by atoms with Crippen molar-refractivity contribution in [3.05, 3.63) is 86.0 Å². The van der Waals surface area contributed by atoms with Gasteiger partial charge in [0.2, 0.25) is 15.8 Å². The van der Waals surface area contributed by atoms with Gasteiger partial charge in [0, 0.05) is 17.8 Å². The van der Waals surface area contributed by atoms with Crippen LogP contribution in [-0.4, -0.2) is 42.0 Å². The maximum absolute atomic E-state index is 13.2. The van der Waals surface area contributed by atoms with E-state index < -0.39 is 27.8 Å². The number of oxazole rings is 1. The molecule has 4 aromatic rings. The molecule has 1 amide bonds. The van der Waals surface area contributed by atoms with E-state index in [4.69, 9.17) is 27.6 Å². The average molecular weight is 637 g/mol. The summed E-state index contributed by atoms with van der Waals surface area (Å²) in [6, 6.07) is 10.5. The molecule has 0 aliphatic rings. The minimum Gasteiger partial charge on any atom is -0.508 e. The van der Waals surface area contributed by atoms with Crippen LogP contribution in [0.5, 0.6) is 5.75 Å². The summed E-state index contributed by atoms with van der Waals surface area (Å²) in [6.07, 6.45) is 0.970.